The third-order valence-corrected chi connectivity index (χ3v) is 8.05. The molecule has 0 bridgehead atoms. The molecule has 3 aromatic rings. The first kappa shape index (κ1) is 37.1. The normalized spacial score (nSPS) is 13.1. The van der Waals surface area contributed by atoms with Crippen LogP contribution in [0, 0.1) is 10.1 Å². The van der Waals surface area contributed by atoms with E-state index in [1.165, 1.54) is 0 Å². The van der Waals surface area contributed by atoms with E-state index in [1.54, 1.807) is 26.2 Å². The van der Waals surface area contributed by atoms with E-state index in [2.05, 4.69) is 4.84 Å². The molecule has 1 heterocycles. The molecule has 0 spiro atoms. The van der Waals surface area contributed by atoms with Crippen molar-refractivity contribution in [3.63, 3.8) is 0 Å². The van der Waals surface area contributed by atoms with Crippen LogP contribution in [0.5, 0.6) is 28.7 Å². The van der Waals surface area contributed by atoms with Gasteiger partial charge in [0.15, 0.2) is 18.1 Å². The molecule has 266 valence electrons. The highest BCUT2D eigenvalue weighted by Gasteiger charge is 2.25. The predicted octanol–water partition coefficient (Wildman–Crippen LogP) is 5.60. The molecule has 1 fully saturated rings. The van der Waals surface area contributed by atoms with E-state index in [9.17, 15) is 14.9 Å². The number of methoxy groups -OCH3 is 3. The first-order valence-corrected chi connectivity index (χ1v) is 16.3. The number of carbonyl (C=O) groups excluding carboxylic acids is 1. The van der Waals surface area contributed by atoms with Crippen molar-refractivity contribution in [2.75, 3.05) is 67.5 Å². The number of carbonyl (C=O) groups is 1. The van der Waals surface area contributed by atoms with Crippen LogP contribution >= 0.6 is 0 Å². The summed E-state index contributed by atoms with van der Waals surface area (Å²) < 4.78 is 40.4. The molecule has 4 rings (SSSR count). The minimum absolute atomic E-state index is 0.171. The van der Waals surface area contributed by atoms with Crippen LogP contribution in [0.4, 0.5) is 0 Å². The third-order valence-electron chi connectivity index (χ3n) is 8.05. The molecule has 3 aromatic carbocycles. The van der Waals surface area contributed by atoms with E-state index in [1.807, 2.05) is 60.7 Å². The fourth-order valence-corrected chi connectivity index (χ4v) is 5.49. The molecule has 1 aliphatic heterocycles. The Balaban J connectivity index is 1.40. The van der Waals surface area contributed by atoms with Crippen LogP contribution in [0.3, 0.4) is 0 Å². The van der Waals surface area contributed by atoms with Crippen LogP contribution in [0.15, 0.2) is 60.7 Å². The third kappa shape index (κ3) is 12.0. The number of benzene rings is 3. The van der Waals surface area contributed by atoms with Crippen LogP contribution in [0.1, 0.15) is 48.3 Å². The van der Waals surface area contributed by atoms with E-state index in [0.717, 1.165) is 28.9 Å². The maximum atomic E-state index is 12.3. The molecule has 13 heteroatoms. The van der Waals surface area contributed by atoms with Gasteiger partial charge in [0, 0.05) is 51.3 Å². The standard InChI is InChI=1S/C36H46N2O11/c1-42-16-6-18-46-32-21-27(20-31(23-32)43-2)24-48-35-22-29(28-12-14-37(15-13-28)36(39)26-49-38(40)41)10-11-34(35)47-19-7-17-45-25-30-8-4-5-9-33(30)44-3/h4-5,8-11,20-23,28H,6-7,12-19,24-26H2,1-3H3. The summed E-state index contributed by atoms with van der Waals surface area (Å²) in [5.41, 5.74) is 2.91. The largest absolute Gasteiger partial charge is 0.497 e. The SMILES string of the molecule is COCCCOc1cc(COc2cc(C3CCN(C(=O)CO[N+](=O)[O-])CC3)ccc2OCCCOCc2ccccc2OC)cc(OC)c1. The fraction of sp³-hybridized carbons (Fsp3) is 0.472. The van der Waals surface area contributed by atoms with Gasteiger partial charge in [-0.3, -0.25) is 4.79 Å². The molecule has 0 aliphatic carbocycles. The van der Waals surface area contributed by atoms with Gasteiger partial charge in [-0.1, -0.05) is 24.3 Å². The molecule has 0 N–H and O–H groups in total. The number of piperidine rings is 1. The Kier molecular flexibility index (Phi) is 15.1. The second kappa shape index (κ2) is 19.9. The molecule has 0 atom stereocenters. The zero-order valence-corrected chi connectivity index (χ0v) is 28.4. The van der Waals surface area contributed by atoms with Crippen LogP contribution < -0.4 is 23.7 Å². The van der Waals surface area contributed by atoms with Gasteiger partial charge in [-0.25, -0.2) is 0 Å². The fourth-order valence-electron chi connectivity index (χ4n) is 5.49. The smallest absolute Gasteiger partial charge is 0.295 e. The van der Waals surface area contributed by atoms with Crippen LogP contribution in [-0.2, 0) is 32.3 Å². The molecule has 13 nitrogen and oxygen atoms in total. The molecule has 0 radical (unpaired) electrons. The number of para-hydroxylation sites is 1. The monoisotopic (exact) mass is 682 g/mol. The van der Waals surface area contributed by atoms with Gasteiger partial charge >= 0.3 is 0 Å². The molecule has 0 saturated carbocycles. The van der Waals surface area contributed by atoms with E-state index in [-0.39, 0.29) is 12.5 Å². The Bertz CT molecular complexity index is 1480. The highest BCUT2D eigenvalue weighted by Crippen LogP contribution is 2.36. The lowest BCUT2D eigenvalue weighted by Crippen LogP contribution is -2.40. The number of rotatable bonds is 21. The van der Waals surface area contributed by atoms with Gasteiger partial charge in [-0.2, -0.15) is 0 Å². The predicted molar refractivity (Wildman–Crippen MR) is 180 cm³/mol. The second-order valence-electron chi connectivity index (χ2n) is 11.4. The first-order valence-electron chi connectivity index (χ1n) is 16.3. The highest BCUT2D eigenvalue weighted by molar-refractivity contribution is 5.77. The average molecular weight is 683 g/mol. The molecule has 1 amide bonds. The van der Waals surface area contributed by atoms with Gasteiger partial charge in [0.1, 0.15) is 23.9 Å². The van der Waals surface area contributed by atoms with Crippen molar-refractivity contribution < 1.29 is 47.9 Å². The van der Waals surface area contributed by atoms with Gasteiger partial charge in [0.05, 0.1) is 40.6 Å². The van der Waals surface area contributed by atoms with Crippen molar-refractivity contribution in [1.82, 2.24) is 4.90 Å². The molecule has 49 heavy (non-hydrogen) atoms. The van der Waals surface area contributed by atoms with Crippen molar-refractivity contribution in [2.24, 2.45) is 0 Å². The summed E-state index contributed by atoms with van der Waals surface area (Å²) >= 11 is 0. The van der Waals surface area contributed by atoms with Crippen LogP contribution in [0.2, 0.25) is 0 Å². The molecular formula is C36H46N2O11. The van der Waals surface area contributed by atoms with Gasteiger partial charge in [-0.05, 0) is 60.2 Å². The number of amides is 1. The van der Waals surface area contributed by atoms with Crippen LogP contribution in [-0.4, -0.2) is 83.3 Å². The van der Waals surface area contributed by atoms with E-state index < -0.39 is 17.6 Å². The van der Waals surface area contributed by atoms with E-state index in [0.29, 0.717) is 88.4 Å². The Labute approximate surface area is 287 Å². The van der Waals surface area contributed by atoms with E-state index in [4.69, 9.17) is 33.2 Å². The molecule has 1 saturated heterocycles. The van der Waals surface area contributed by atoms with Crippen LogP contribution in [0.25, 0.3) is 0 Å². The molecular weight excluding hydrogens is 636 g/mol. The summed E-state index contributed by atoms with van der Waals surface area (Å²) in [6.45, 7) is 3.12. The van der Waals surface area contributed by atoms with Crippen molar-refractivity contribution in [2.45, 2.75) is 44.8 Å². The number of hydrogen-bond acceptors (Lipinski definition) is 11. The summed E-state index contributed by atoms with van der Waals surface area (Å²) in [5, 5.41) is 9.54. The summed E-state index contributed by atoms with van der Waals surface area (Å²) in [6, 6.07) is 19.4. The highest BCUT2D eigenvalue weighted by atomic mass is 17.0. The minimum Gasteiger partial charge on any atom is -0.497 e. The summed E-state index contributed by atoms with van der Waals surface area (Å²) in [6.07, 6.45) is 2.83. The first-order chi connectivity index (χ1) is 23.9. The number of nitrogens with zero attached hydrogens (tertiary/aromatic N) is 2. The molecule has 0 unspecified atom stereocenters. The van der Waals surface area contributed by atoms with Crippen molar-refractivity contribution >= 4 is 5.91 Å². The van der Waals surface area contributed by atoms with Crippen molar-refractivity contribution in [1.29, 1.82) is 0 Å². The van der Waals surface area contributed by atoms with E-state index >= 15 is 0 Å². The summed E-state index contributed by atoms with van der Waals surface area (Å²) in [5.74, 6) is 3.11. The van der Waals surface area contributed by atoms with Crippen molar-refractivity contribution in [3.8, 4) is 28.7 Å². The molecule has 0 aromatic heterocycles. The lowest BCUT2D eigenvalue weighted by molar-refractivity contribution is -0.754. The second-order valence-corrected chi connectivity index (χ2v) is 11.4. The lowest BCUT2D eigenvalue weighted by atomic mass is 9.89. The topological polar surface area (TPSA) is 137 Å². The maximum absolute atomic E-state index is 12.3. The summed E-state index contributed by atoms with van der Waals surface area (Å²) in [7, 11) is 4.91. The Morgan fingerprint density at radius 1 is 0.796 bits per heavy atom. The zero-order valence-electron chi connectivity index (χ0n) is 28.4. The molecule has 1 aliphatic rings. The number of hydrogen-bond donors (Lipinski definition) is 0. The Morgan fingerprint density at radius 3 is 2.31 bits per heavy atom. The summed E-state index contributed by atoms with van der Waals surface area (Å²) in [4.78, 5) is 28.7. The quantitative estimate of drug-likeness (QED) is 0.0789. The Morgan fingerprint density at radius 2 is 1.55 bits per heavy atom. The number of likely N-dealkylation sites (tertiary alicyclic amines) is 1. The van der Waals surface area contributed by atoms with Gasteiger partial charge in [0.2, 0.25) is 5.91 Å². The zero-order chi connectivity index (χ0) is 34.8. The van der Waals surface area contributed by atoms with Gasteiger partial charge in [-0.15, -0.1) is 10.1 Å². The van der Waals surface area contributed by atoms with Crippen molar-refractivity contribution in [3.05, 3.63) is 87.5 Å². The minimum atomic E-state index is -0.951. The number of ether oxygens (including phenoxy) is 7. The van der Waals surface area contributed by atoms with Gasteiger partial charge in [0.25, 0.3) is 5.09 Å². The maximum Gasteiger partial charge on any atom is 0.295 e. The average Bonchev–Trinajstić information content (AvgIpc) is 3.13. The Hall–Kier alpha value is -4.75. The lowest BCUT2D eigenvalue weighted by Gasteiger charge is -2.32. The van der Waals surface area contributed by atoms with Gasteiger partial charge < -0.3 is 42.9 Å².